The molecule has 0 fully saturated rings. The zero-order valence-electron chi connectivity index (χ0n) is 1.77. The minimum absolute atomic E-state index is 0. The minimum Gasteiger partial charge on any atom is 0 e. The Morgan fingerprint density at radius 1 is 0.500 bits per heavy atom. The van der Waals surface area contributed by atoms with E-state index in [1.807, 2.05) is 0 Å². The van der Waals surface area contributed by atoms with E-state index in [4.69, 9.17) is 0 Å². The van der Waals surface area contributed by atoms with E-state index in [1.54, 1.807) is 0 Å². The van der Waals surface area contributed by atoms with Crippen molar-refractivity contribution >= 4 is 93.4 Å². The summed E-state index contributed by atoms with van der Waals surface area (Å²) in [5.74, 6) is 0. The van der Waals surface area contributed by atoms with Gasteiger partial charge in [-0.2, -0.15) is 0 Å². The van der Waals surface area contributed by atoms with Gasteiger partial charge in [-0.05, 0) is 0 Å². The Labute approximate surface area is 141 Å². The van der Waals surface area contributed by atoms with Crippen LogP contribution in [0.2, 0.25) is 0 Å². The summed E-state index contributed by atoms with van der Waals surface area (Å²) in [5, 5.41) is 0. The van der Waals surface area contributed by atoms with Crippen LogP contribution in [0.15, 0.2) is 0 Å². The van der Waals surface area contributed by atoms with Crippen molar-refractivity contribution in [3.05, 3.63) is 0 Å². The fraction of sp³-hybridized carbons (Fsp3) is 0. The van der Waals surface area contributed by atoms with Gasteiger partial charge in [-0.25, -0.2) is 0 Å². The third-order valence-electron chi connectivity index (χ3n) is 0. The monoisotopic (exact) mass is 330 g/mol. The van der Waals surface area contributed by atoms with E-state index in [-0.39, 0.29) is 145 Å². The number of hydrogen-bond acceptors (Lipinski definition) is 0. The van der Waals surface area contributed by atoms with E-state index in [0.717, 1.165) is 0 Å². The van der Waals surface area contributed by atoms with Gasteiger partial charge in [-0.3, -0.25) is 0 Å². The standard InChI is InChI=1S/AsH3.2Ca.3Fe.4H/h1H3;;;;;;;;;. The van der Waals surface area contributed by atoms with Crippen molar-refractivity contribution in [2.24, 2.45) is 0 Å². The van der Waals surface area contributed by atoms with Crippen LogP contribution in [0.5, 0.6) is 0 Å². The van der Waals surface area contributed by atoms with Gasteiger partial charge in [-0.1, -0.05) is 0 Å². The van der Waals surface area contributed by atoms with Crippen LogP contribution in [0.25, 0.3) is 0 Å². The molecule has 1 unspecified atom stereocenters. The van der Waals surface area contributed by atoms with Crippen molar-refractivity contribution in [2.45, 2.75) is 0 Å². The summed E-state index contributed by atoms with van der Waals surface area (Å²) in [6.07, 6.45) is 0. The molecule has 6 heteroatoms. The van der Waals surface area contributed by atoms with Crippen molar-refractivity contribution in [1.82, 2.24) is 0 Å². The molecule has 0 aromatic heterocycles. The second-order valence-electron chi connectivity index (χ2n) is 0. The van der Waals surface area contributed by atoms with Gasteiger partial charge in [0.2, 0.25) is 0 Å². The molecule has 0 nitrogen and oxygen atoms in total. The molecule has 6 heavy (non-hydrogen) atoms. The molecule has 0 bridgehead atoms. The van der Waals surface area contributed by atoms with Crippen LogP contribution >= 0.6 is 0 Å². The first kappa shape index (κ1) is 45.9. The van der Waals surface area contributed by atoms with Gasteiger partial charge in [0.25, 0.3) is 0 Å². The first-order valence-corrected chi connectivity index (χ1v) is 0. The van der Waals surface area contributed by atoms with Crippen LogP contribution < -0.4 is 0 Å². The predicted molar refractivity (Wildman–Crippen MR) is 27.0 cm³/mol. The van der Waals surface area contributed by atoms with Gasteiger partial charge < -0.3 is 0 Å². The van der Waals surface area contributed by atoms with Crippen LogP contribution in [0.1, 0.15) is 0 Å². The summed E-state index contributed by atoms with van der Waals surface area (Å²) in [5.41, 5.74) is 0. The molecule has 0 aliphatic carbocycles. The molecule has 0 aromatic carbocycles. The Morgan fingerprint density at radius 2 is 0.500 bits per heavy atom. The first-order valence-electron chi connectivity index (χ1n) is 0. The van der Waals surface area contributed by atoms with Crippen LogP contribution in [0.4, 0.5) is 0 Å². The Balaban J connectivity index is 0. The first-order chi connectivity index (χ1) is 0. The SMILES string of the molecule is [AsH3].[CaH2].[CaH2].[Fe].[Fe].[Fe]. The molecule has 0 rings (SSSR count). The molecule has 0 spiro atoms. The maximum Gasteiger partial charge on any atom is 0 e. The normalized spacial score (nSPS) is 0. The molecule has 0 amide bonds. The molecule has 0 aliphatic heterocycles. The molecular formula is H7AsCa2Fe3. The second kappa shape index (κ2) is 33.4. The Bertz CT molecular complexity index is 8.75. The van der Waals surface area contributed by atoms with Crippen LogP contribution in [-0.4, -0.2) is 93.4 Å². The van der Waals surface area contributed by atoms with Crippen molar-refractivity contribution in [3.8, 4) is 0 Å². The summed E-state index contributed by atoms with van der Waals surface area (Å²) in [6, 6.07) is 0. The van der Waals surface area contributed by atoms with E-state index in [2.05, 4.69) is 0 Å². The van der Waals surface area contributed by atoms with E-state index < -0.39 is 0 Å². The third kappa shape index (κ3) is 23.4. The van der Waals surface area contributed by atoms with Crippen molar-refractivity contribution < 1.29 is 51.2 Å². The summed E-state index contributed by atoms with van der Waals surface area (Å²) in [4.78, 5) is 0. The summed E-state index contributed by atoms with van der Waals surface area (Å²) in [6.45, 7) is 0. The van der Waals surface area contributed by atoms with E-state index in [9.17, 15) is 0 Å². The van der Waals surface area contributed by atoms with Gasteiger partial charge in [0, 0.05) is 51.2 Å². The minimum atomic E-state index is 0. The average Bonchev–Trinajstić information content (AvgIpc) is 0. The summed E-state index contributed by atoms with van der Waals surface area (Å²) >= 11 is 0. The molecule has 0 aromatic rings. The molecule has 0 N–H and O–H groups in total. The molecule has 40 valence electrons. The molecule has 1 atom stereocenters. The van der Waals surface area contributed by atoms with E-state index in [1.165, 1.54) is 0 Å². The zero-order valence-corrected chi connectivity index (χ0v) is 8.05. The smallest absolute Gasteiger partial charge is 0 e. The van der Waals surface area contributed by atoms with Gasteiger partial charge in [0.05, 0.1) is 0 Å². The fourth-order valence-electron chi connectivity index (χ4n) is 0. The summed E-state index contributed by atoms with van der Waals surface area (Å²) in [7, 11) is 0. The second-order valence-corrected chi connectivity index (χ2v) is 0. The van der Waals surface area contributed by atoms with Gasteiger partial charge in [-0.15, -0.1) is 0 Å². The summed E-state index contributed by atoms with van der Waals surface area (Å²) < 4.78 is 0. The van der Waals surface area contributed by atoms with Crippen molar-refractivity contribution in [3.63, 3.8) is 0 Å². The third-order valence-corrected chi connectivity index (χ3v) is 0. The predicted octanol–water partition coefficient (Wildman–Crippen LogP) is -3.02. The number of hydrogen-bond donors (Lipinski definition) is 0. The largest absolute Gasteiger partial charge is 0 e. The van der Waals surface area contributed by atoms with Crippen LogP contribution in [0.3, 0.4) is 0 Å². The average molecular weight is 330 g/mol. The number of rotatable bonds is 0. The molecule has 0 saturated heterocycles. The molecule has 0 heterocycles. The Kier molecular flexibility index (Phi) is 256. The zero-order chi connectivity index (χ0) is 0. The molecule has 0 radical (unpaired) electrons. The molecule has 0 saturated carbocycles. The maximum absolute atomic E-state index is 0. The van der Waals surface area contributed by atoms with E-state index >= 15 is 0 Å². The Hall–Kier alpha value is 4.64. The van der Waals surface area contributed by atoms with Crippen molar-refractivity contribution in [1.29, 1.82) is 0 Å². The topological polar surface area (TPSA) is 0 Å². The van der Waals surface area contributed by atoms with Crippen LogP contribution in [-0.2, 0) is 51.2 Å². The Morgan fingerprint density at radius 3 is 0.500 bits per heavy atom. The quantitative estimate of drug-likeness (QED) is 0.415. The maximum atomic E-state index is 0. The van der Waals surface area contributed by atoms with E-state index in [0.29, 0.717) is 0 Å². The van der Waals surface area contributed by atoms with Crippen molar-refractivity contribution in [2.75, 3.05) is 0 Å². The van der Waals surface area contributed by atoms with Crippen LogP contribution in [0, 0.1) is 0 Å². The molecule has 0 aliphatic rings. The van der Waals surface area contributed by atoms with Gasteiger partial charge in [0.1, 0.15) is 0 Å². The molecular weight excluding hydrogens is 323 g/mol. The fourth-order valence-corrected chi connectivity index (χ4v) is 0. The van der Waals surface area contributed by atoms with Gasteiger partial charge >= 0.3 is 93.4 Å². The van der Waals surface area contributed by atoms with Gasteiger partial charge in [0.15, 0.2) is 0 Å².